The lowest BCUT2D eigenvalue weighted by Gasteiger charge is -2.22. The van der Waals surface area contributed by atoms with Crippen molar-refractivity contribution >= 4 is 17.6 Å². The Morgan fingerprint density at radius 3 is 2.10 bits per heavy atom. The summed E-state index contributed by atoms with van der Waals surface area (Å²) in [6.07, 6.45) is 4.39. The summed E-state index contributed by atoms with van der Waals surface area (Å²) in [5, 5.41) is 9.12. The van der Waals surface area contributed by atoms with Crippen LogP contribution in [0, 0.1) is 5.92 Å². The summed E-state index contributed by atoms with van der Waals surface area (Å²) in [6.45, 7) is 16.2. The Kier molecular flexibility index (Phi) is 5.51. The van der Waals surface area contributed by atoms with Gasteiger partial charge in [-0.3, -0.25) is 0 Å². The molecule has 0 amide bonds. The molecule has 2 aromatic carbocycles. The zero-order valence-electron chi connectivity index (χ0n) is 18.9. The Morgan fingerprint density at radius 2 is 1.59 bits per heavy atom. The highest BCUT2D eigenvalue weighted by molar-refractivity contribution is 5.88. The van der Waals surface area contributed by atoms with Crippen LogP contribution in [0.15, 0.2) is 36.4 Å². The first-order valence-corrected chi connectivity index (χ1v) is 10.6. The molecule has 0 radical (unpaired) electrons. The molecule has 0 aromatic heterocycles. The summed E-state index contributed by atoms with van der Waals surface area (Å²) in [5.41, 5.74) is 8.67. The van der Waals surface area contributed by atoms with E-state index in [0.29, 0.717) is 11.5 Å². The van der Waals surface area contributed by atoms with Crippen molar-refractivity contribution in [2.75, 3.05) is 0 Å². The third-order valence-corrected chi connectivity index (χ3v) is 6.18. The van der Waals surface area contributed by atoms with Crippen molar-refractivity contribution < 1.29 is 9.90 Å². The Labute approximate surface area is 175 Å². The van der Waals surface area contributed by atoms with Crippen molar-refractivity contribution in [3.8, 4) is 0 Å². The normalized spacial score (nSPS) is 17.4. The van der Waals surface area contributed by atoms with E-state index >= 15 is 0 Å². The number of rotatable bonds is 5. The van der Waals surface area contributed by atoms with Crippen LogP contribution < -0.4 is 0 Å². The monoisotopic (exact) mass is 390 g/mol. The molecule has 0 atom stereocenters. The van der Waals surface area contributed by atoms with Gasteiger partial charge in [0.05, 0.1) is 5.56 Å². The van der Waals surface area contributed by atoms with E-state index in [4.69, 9.17) is 5.11 Å². The highest BCUT2D eigenvalue weighted by Gasteiger charge is 2.42. The first kappa shape index (κ1) is 21.4. The number of hydrogen-bond donors (Lipinski definition) is 1. The summed E-state index contributed by atoms with van der Waals surface area (Å²) in [7, 11) is 0. The van der Waals surface area contributed by atoms with Gasteiger partial charge in [-0.2, -0.15) is 0 Å². The van der Waals surface area contributed by atoms with Crippen molar-refractivity contribution in [1.29, 1.82) is 0 Å². The van der Waals surface area contributed by atoms with Gasteiger partial charge in [-0.05, 0) is 82.0 Å². The van der Waals surface area contributed by atoms with E-state index in [1.54, 1.807) is 12.1 Å². The minimum atomic E-state index is -0.889. The number of carboxylic acids is 1. The summed E-state index contributed by atoms with van der Waals surface area (Å²) in [5.74, 6) is -0.299. The fourth-order valence-corrected chi connectivity index (χ4v) is 5.09. The molecule has 0 saturated heterocycles. The number of fused-ring (bicyclic) bond motifs is 1. The van der Waals surface area contributed by atoms with E-state index in [1.165, 1.54) is 34.2 Å². The maximum atomic E-state index is 11.1. The molecule has 29 heavy (non-hydrogen) atoms. The molecule has 0 saturated carbocycles. The van der Waals surface area contributed by atoms with Crippen molar-refractivity contribution in [2.24, 2.45) is 5.92 Å². The van der Waals surface area contributed by atoms with E-state index < -0.39 is 5.97 Å². The minimum absolute atomic E-state index is 0.174. The van der Waals surface area contributed by atoms with Gasteiger partial charge in [-0.1, -0.05) is 71.9 Å². The van der Waals surface area contributed by atoms with Gasteiger partial charge in [0, 0.05) is 0 Å². The van der Waals surface area contributed by atoms with Crippen molar-refractivity contribution in [3.05, 3.63) is 69.8 Å². The molecule has 1 N–H and O–H groups in total. The van der Waals surface area contributed by atoms with E-state index in [2.05, 4.69) is 66.7 Å². The molecule has 2 nitrogen and oxygen atoms in total. The first-order chi connectivity index (χ1) is 13.4. The lowest BCUT2D eigenvalue weighted by Crippen LogP contribution is -2.18. The second-order valence-corrected chi connectivity index (χ2v) is 10.4. The standard InChI is InChI=1S/C27H34O2/c1-17(2)12-21-14-23-24(27(6,7)16-26(23,4)5)15-22(21)18(3)13-19-8-10-20(11-9-19)25(28)29/h8-11,13-15,17H,12,16H2,1-7H3,(H,28,29)/b18-13+. The van der Waals surface area contributed by atoms with Crippen molar-refractivity contribution in [3.63, 3.8) is 0 Å². The molecular weight excluding hydrogens is 356 g/mol. The molecule has 0 unspecified atom stereocenters. The van der Waals surface area contributed by atoms with Gasteiger partial charge in [0.25, 0.3) is 0 Å². The van der Waals surface area contributed by atoms with Gasteiger partial charge in [-0.25, -0.2) is 4.79 Å². The number of hydrogen-bond acceptors (Lipinski definition) is 1. The molecule has 0 fully saturated rings. The topological polar surface area (TPSA) is 37.3 Å². The Hall–Kier alpha value is -2.35. The Bertz CT molecular complexity index is 957. The predicted octanol–water partition coefficient (Wildman–Crippen LogP) is 7.10. The van der Waals surface area contributed by atoms with Gasteiger partial charge in [-0.15, -0.1) is 0 Å². The van der Waals surface area contributed by atoms with Crippen LogP contribution >= 0.6 is 0 Å². The number of aromatic carboxylic acids is 1. The van der Waals surface area contributed by atoms with E-state index in [9.17, 15) is 4.79 Å². The zero-order valence-corrected chi connectivity index (χ0v) is 18.9. The summed E-state index contributed by atoms with van der Waals surface area (Å²) in [6, 6.07) is 12.0. The van der Waals surface area contributed by atoms with Gasteiger partial charge in [0.15, 0.2) is 0 Å². The summed E-state index contributed by atoms with van der Waals surface area (Å²) in [4.78, 5) is 11.1. The number of benzene rings is 2. The summed E-state index contributed by atoms with van der Waals surface area (Å²) >= 11 is 0. The lowest BCUT2D eigenvalue weighted by molar-refractivity contribution is 0.0697. The number of carboxylic acid groups (broad SMARTS) is 1. The van der Waals surface area contributed by atoms with Gasteiger partial charge < -0.3 is 5.11 Å². The number of carbonyl (C=O) groups is 1. The van der Waals surface area contributed by atoms with Crippen LogP contribution in [0.2, 0.25) is 0 Å². The van der Waals surface area contributed by atoms with Crippen molar-refractivity contribution in [1.82, 2.24) is 0 Å². The average Bonchev–Trinajstić information content (AvgIpc) is 2.78. The Morgan fingerprint density at radius 1 is 1.03 bits per heavy atom. The molecule has 0 bridgehead atoms. The van der Waals surface area contributed by atoms with Gasteiger partial charge in [0.1, 0.15) is 0 Å². The quantitative estimate of drug-likeness (QED) is 0.553. The molecule has 0 heterocycles. The molecule has 154 valence electrons. The van der Waals surface area contributed by atoms with Crippen LogP contribution in [-0.2, 0) is 17.3 Å². The average molecular weight is 391 g/mol. The second kappa shape index (κ2) is 7.48. The molecular formula is C27H34O2. The molecule has 0 spiro atoms. The van der Waals surface area contributed by atoms with Crippen molar-refractivity contribution in [2.45, 2.75) is 72.1 Å². The van der Waals surface area contributed by atoms with Gasteiger partial charge in [0.2, 0.25) is 0 Å². The SMILES string of the molecule is C/C(=C\c1ccc(C(=O)O)cc1)c1cc2c(cc1CC(C)C)C(C)(C)CC2(C)C. The van der Waals surface area contributed by atoms with Crippen LogP contribution in [0.1, 0.15) is 93.1 Å². The molecule has 1 aliphatic rings. The maximum Gasteiger partial charge on any atom is 0.335 e. The van der Waals surface area contributed by atoms with E-state index in [-0.39, 0.29) is 10.8 Å². The molecule has 0 aliphatic heterocycles. The first-order valence-electron chi connectivity index (χ1n) is 10.6. The maximum absolute atomic E-state index is 11.1. The third-order valence-electron chi connectivity index (χ3n) is 6.18. The van der Waals surface area contributed by atoms with E-state index in [1.807, 2.05) is 12.1 Å². The molecule has 3 rings (SSSR count). The van der Waals surface area contributed by atoms with Crippen LogP contribution in [-0.4, -0.2) is 11.1 Å². The predicted molar refractivity (Wildman–Crippen MR) is 123 cm³/mol. The summed E-state index contributed by atoms with van der Waals surface area (Å²) < 4.78 is 0. The highest BCUT2D eigenvalue weighted by atomic mass is 16.4. The smallest absolute Gasteiger partial charge is 0.335 e. The highest BCUT2D eigenvalue weighted by Crippen LogP contribution is 2.50. The zero-order chi connectivity index (χ0) is 21.6. The fraction of sp³-hybridized carbons (Fsp3) is 0.444. The molecule has 1 aliphatic carbocycles. The van der Waals surface area contributed by atoms with Crippen LogP contribution in [0.4, 0.5) is 0 Å². The number of allylic oxidation sites excluding steroid dienone is 1. The largest absolute Gasteiger partial charge is 0.478 e. The van der Waals surface area contributed by atoms with E-state index in [0.717, 1.165) is 12.0 Å². The van der Waals surface area contributed by atoms with Crippen LogP contribution in [0.3, 0.4) is 0 Å². The fourth-order valence-electron chi connectivity index (χ4n) is 5.09. The second-order valence-electron chi connectivity index (χ2n) is 10.4. The van der Waals surface area contributed by atoms with Gasteiger partial charge >= 0.3 is 5.97 Å². The third kappa shape index (κ3) is 4.32. The Balaban J connectivity index is 2.11. The van der Waals surface area contributed by atoms with Crippen LogP contribution in [0.5, 0.6) is 0 Å². The lowest BCUT2D eigenvalue weighted by atomic mass is 9.82. The molecule has 2 heteroatoms. The minimum Gasteiger partial charge on any atom is -0.478 e. The molecule has 2 aromatic rings. The van der Waals surface area contributed by atoms with Crippen LogP contribution in [0.25, 0.3) is 11.6 Å².